The lowest BCUT2D eigenvalue weighted by atomic mass is 10.0. The fourth-order valence-electron chi connectivity index (χ4n) is 1.35. The van der Waals surface area contributed by atoms with Crippen LogP contribution in [0.15, 0.2) is 4.99 Å². The van der Waals surface area contributed by atoms with Gasteiger partial charge >= 0.3 is 0 Å². The van der Waals surface area contributed by atoms with E-state index < -0.39 is 0 Å². The summed E-state index contributed by atoms with van der Waals surface area (Å²) >= 11 is 0. The van der Waals surface area contributed by atoms with Gasteiger partial charge in [-0.25, -0.2) is 0 Å². The van der Waals surface area contributed by atoms with Crippen LogP contribution in [-0.4, -0.2) is 31.6 Å². The molecule has 1 unspecified atom stereocenters. The van der Waals surface area contributed by atoms with Crippen molar-refractivity contribution in [1.29, 1.82) is 0 Å². The highest BCUT2D eigenvalue weighted by Crippen LogP contribution is 2.22. The van der Waals surface area contributed by atoms with Crippen molar-refractivity contribution in [3.05, 3.63) is 0 Å². The van der Waals surface area contributed by atoms with Crippen LogP contribution >= 0.6 is 0 Å². The summed E-state index contributed by atoms with van der Waals surface area (Å²) < 4.78 is 5.35. The highest BCUT2D eigenvalue weighted by Gasteiger charge is 2.37. The maximum Gasteiger partial charge on any atom is 0.170 e. The van der Waals surface area contributed by atoms with E-state index in [0.29, 0.717) is 0 Å². The second-order valence-electron chi connectivity index (χ2n) is 2.67. The van der Waals surface area contributed by atoms with Gasteiger partial charge in [-0.1, -0.05) is 0 Å². The molecule has 0 aromatic heterocycles. The van der Waals surface area contributed by atoms with E-state index in [4.69, 9.17) is 4.74 Å². The zero-order chi connectivity index (χ0) is 6.16. The van der Waals surface area contributed by atoms with Gasteiger partial charge in [0.25, 0.3) is 0 Å². The summed E-state index contributed by atoms with van der Waals surface area (Å²) in [4.78, 5) is 4.03. The molecule has 2 rings (SSSR count). The van der Waals surface area contributed by atoms with Gasteiger partial charge in [0.05, 0.1) is 6.54 Å². The van der Waals surface area contributed by atoms with Crippen molar-refractivity contribution in [3.8, 4) is 0 Å². The van der Waals surface area contributed by atoms with Crippen molar-refractivity contribution in [1.82, 2.24) is 5.32 Å². The fourth-order valence-corrected chi connectivity index (χ4v) is 1.35. The normalized spacial score (nSPS) is 40.0. The zero-order valence-corrected chi connectivity index (χ0v) is 5.26. The third kappa shape index (κ3) is 0.721. The minimum absolute atomic E-state index is 0.0556. The van der Waals surface area contributed by atoms with E-state index in [1.807, 2.05) is 0 Å². The Morgan fingerprint density at radius 1 is 1.67 bits per heavy atom. The van der Waals surface area contributed by atoms with E-state index in [1.54, 1.807) is 6.40 Å². The third-order valence-corrected chi connectivity index (χ3v) is 1.96. The molecule has 1 spiro atoms. The molecule has 9 heavy (non-hydrogen) atoms. The second-order valence-corrected chi connectivity index (χ2v) is 2.67. The Morgan fingerprint density at radius 2 is 2.67 bits per heavy atom. The van der Waals surface area contributed by atoms with Crippen LogP contribution < -0.4 is 5.32 Å². The van der Waals surface area contributed by atoms with Gasteiger partial charge in [0, 0.05) is 13.0 Å². The van der Waals surface area contributed by atoms with E-state index in [2.05, 4.69) is 10.3 Å². The van der Waals surface area contributed by atoms with E-state index in [1.165, 1.54) is 0 Å². The summed E-state index contributed by atoms with van der Waals surface area (Å²) in [5, 5.41) is 3.25. The average Bonchev–Trinajstić information content (AvgIpc) is 2.45. The third-order valence-electron chi connectivity index (χ3n) is 1.96. The fraction of sp³-hybridized carbons (Fsp3) is 0.833. The van der Waals surface area contributed by atoms with Crippen molar-refractivity contribution in [2.75, 3.05) is 19.6 Å². The predicted octanol–water partition coefficient (Wildman–Crippen LogP) is -0.223. The lowest BCUT2D eigenvalue weighted by Crippen LogP contribution is -2.34. The summed E-state index contributed by atoms with van der Waals surface area (Å²) in [6.45, 7) is 2.89. The van der Waals surface area contributed by atoms with Crippen LogP contribution in [0.1, 0.15) is 6.42 Å². The Hall–Kier alpha value is -0.570. The first-order valence-corrected chi connectivity index (χ1v) is 3.28. The lowest BCUT2D eigenvalue weighted by molar-refractivity contribution is 0.117. The molecule has 0 saturated carbocycles. The van der Waals surface area contributed by atoms with Crippen molar-refractivity contribution in [2.45, 2.75) is 12.0 Å². The van der Waals surface area contributed by atoms with Gasteiger partial charge in [0.1, 0.15) is 5.60 Å². The average molecular weight is 126 g/mol. The second kappa shape index (κ2) is 1.70. The van der Waals surface area contributed by atoms with Crippen LogP contribution in [0.5, 0.6) is 0 Å². The van der Waals surface area contributed by atoms with Gasteiger partial charge in [-0.15, -0.1) is 0 Å². The molecule has 0 aromatic carbocycles. The quantitative estimate of drug-likeness (QED) is 0.486. The SMILES string of the molecule is C1=NCC2(CCNC2)O1. The molecule has 0 radical (unpaired) electrons. The summed E-state index contributed by atoms with van der Waals surface area (Å²) in [6.07, 6.45) is 2.68. The van der Waals surface area contributed by atoms with Crippen LogP contribution in [0.4, 0.5) is 0 Å². The van der Waals surface area contributed by atoms with Crippen LogP contribution in [0.2, 0.25) is 0 Å². The molecule has 2 aliphatic heterocycles. The van der Waals surface area contributed by atoms with Crippen molar-refractivity contribution < 1.29 is 4.74 Å². The number of rotatable bonds is 0. The summed E-state index contributed by atoms with van der Waals surface area (Å²) in [5.74, 6) is 0. The molecule has 0 bridgehead atoms. The molecule has 2 heterocycles. The Kier molecular flexibility index (Phi) is 0.990. The van der Waals surface area contributed by atoms with Crippen molar-refractivity contribution in [3.63, 3.8) is 0 Å². The molecule has 1 fully saturated rings. The van der Waals surface area contributed by atoms with E-state index in [9.17, 15) is 0 Å². The molecular weight excluding hydrogens is 116 g/mol. The molecule has 3 heteroatoms. The maximum atomic E-state index is 5.35. The molecule has 50 valence electrons. The van der Waals surface area contributed by atoms with E-state index in [-0.39, 0.29) is 5.60 Å². The maximum absolute atomic E-state index is 5.35. The molecule has 0 amide bonds. The van der Waals surface area contributed by atoms with Gasteiger partial charge in [0.15, 0.2) is 6.40 Å². The monoisotopic (exact) mass is 126 g/mol. The van der Waals surface area contributed by atoms with Gasteiger partial charge < -0.3 is 10.1 Å². The molecule has 1 atom stereocenters. The minimum Gasteiger partial charge on any atom is -0.474 e. The van der Waals surface area contributed by atoms with Crippen LogP contribution in [0.25, 0.3) is 0 Å². The first-order valence-electron chi connectivity index (χ1n) is 3.28. The summed E-state index contributed by atoms with van der Waals surface area (Å²) in [7, 11) is 0. The Bertz CT molecular complexity index is 128. The minimum atomic E-state index is 0.0556. The highest BCUT2D eigenvalue weighted by atomic mass is 16.5. The number of nitrogens with zero attached hydrogens (tertiary/aromatic N) is 1. The molecular formula is C6H10N2O. The largest absolute Gasteiger partial charge is 0.474 e. The number of nitrogens with one attached hydrogen (secondary N) is 1. The van der Waals surface area contributed by atoms with Gasteiger partial charge in [-0.3, -0.25) is 4.99 Å². The highest BCUT2D eigenvalue weighted by molar-refractivity contribution is 5.50. The lowest BCUT2D eigenvalue weighted by Gasteiger charge is -2.18. The van der Waals surface area contributed by atoms with E-state index in [0.717, 1.165) is 26.1 Å². The molecule has 1 saturated heterocycles. The Labute approximate surface area is 54.1 Å². The van der Waals surface area contributed by atoms with E-state index >= 15 is 0 Å². The molecule has 0 aromatic rings. The summed E-state index contributed by atoms with van der Waals surface area (Å²) in [6, 6.07) is 0. The molecule has 3 nitrogen and oxygen atoms in total. The van der Waals surface area contributed by atoms with Crippen molar-refractivity contribution >= 4 is 6.40 Å². The van der Waals surface area contributed by atoms with Crippen LogP contribution in [-0.2, 0) is 4.74 Å². The Morgan fingerprint density at radius 3 is 3.22 bits per heavy atom. The van der Waals surface area contributed by atoms with Crippen LogP contribution in [0, 0.1) is 0 Å². The van der Waals surface area contributed by atoms with Crippen molar-refractivity contribution in [2.24, 2.45) is 4.99 Å². The first-order chi connectivity index (χ1) is 4.41. The topological polar surface area (TPSA) is 33.6 Å². The number of hydrogen-bond donors (Lipinski definition) is 1. The molecule has 1 N–H and O–H groups in total. The van der Waals surface area contributed by atoms with Gasteiger partial charge in [-0.2, -0.15) is 0 Å². The standard InChI is InChI=1S/C6H10N2O/c1-2-7-3-6(1)4-8-5-9-6/h5,7H,1-4H2. The van der Waals surface area contributed by atoms with Crippen LogP contribution in [0.3, 0.4) is 0 Å². The van der Waals surface area contributed by atoms with Gasteiger partial charge in [-0.05, 0) is 6.54 Å². The summed E-state index contributed by atoms with van der Waals surface area (Å²) in [5.41, 5.74) is 0.0556. The van der Waals surface area contributed by atoms with Gasteiger partial charge in [0.2, 0.25) is 0 Å². The first kappa shape index (κ1) is 5.23. The predicted molar refractivity (Wildman–Crippen MR) is 34.7 cm³/mol. The molecule has 2 aliphatic rings. The molecule has 0 aliphatic carbocycles. The number of hydrogen-bond acceptors (Lipinski definition) is 3. The Balaban J connectivity index is 2.07. The number of ether oxygens (including phenoxy) is 1. The number of aliphatic imine (C=N–C) groups is 1. The smallest absolute Gasteiger partial charge is 0.170 e. The zero-order valence-electron chi connectivity index (χ0n) is 5.26.